The quantitative estimate of drug-likeness (QED) is 0.758. The normalized spacial score (nSPS) is 14.6. The number of aromatic amines is 1. The molecule has 1 saturated heterocycles. The minimum absolute atomic E-state index is 0. The van der Waals surface area contributed by atoms with Gasteiger partial charge < -0.3 is 10.2 Å². The number of hydrogen-bond acceptors (Lipinski definition) is 4. The first-order valence-corrected chi connectivity index (χ1v) is 9.39. The van der Waals surface area contributed by atoms with E-state index in [2.05, 4.69) is 15.4 Å². The van der Waals surface area contributed by atoms with Gasteiger partial charge in [-0.1, -0.05) is 0 Å². The maximum atomic E-state index is 12.6. The molecule has 28 heavy (non-hydrogen) atoms. The number of nitrogens with zero attached hydrogens (tertiary/aromatic N) is 3. The van der Waals surface area contributed by atoms with Crippen molar-refractivity contribution in [2.24, 2.45) is 13.0 Å². The number of carbonyl (C=O) groups excluding carboxylic acids is 1. The molecule has 1 amide bonds. The van der Waals surface area contributed by atoms with Gasteiger partial charge in [0.25, 0.3) is 5.56 Å². The largest absolute Gasteiger partial charge is 0.343 e. The van der Waals surface area contributed by atoms with Gasteiger partial charge in [-0.3, -0.25) is 19.4 Å². The lowest BCUT2D eigenvalue weighted by molar-refractivity contribution is -0.132. The Hall–Kier alpha value is -1.57. The second-order valence-corrected chi connectivity index (χ2v) is 7.38. The molecule has 0 unspecified atom stereocenters. The van der Waals surface area contributed by atoms with Gasteiger partial charge in [-0.15, -0.1) is 24.8 Å². The second-order valence-electron chi connectivity index (χ2n) is 7.38. The van der Waals surface area contributed by atoms with Crippen LogP contribution >= 0.6 is 24.8 Å². The van der Waals surface area contributed by atoms with Gasteiger partial charge >= 0.3 is 0 Å². The lowest BCUT2D eigenvalue weighted by Crippen LogP contribution is -2.40. The number of hydrogen-bond donors (Lipinski definition) is 2. The van der Waals surface area contributed by atoms with Crippen molar-refractivity contribution in [3.8, 4) is 0 Å². The summed E-state index contributed by atoms with van der Waals surface area (Å²) in [5.41, 5.74) is 3.41. The van der Waals surface area contributed by atoms with Crippen molar-refractivity contribution >= 4 is 41.8 Å². The minimum atomic E-state index is -0.119. The first-order chi connectivity index (χ1) is 12.4. The molecule has 0 aliphatic carbocycles. The summed E-state index contributed by atoms with van der Waals surface area (Å²) in [6, 6.07) is 0. The van der Waals surface area contributed by atoms with E-state index in [9.17, 15) is 9.59 Å². The first-order valence-electron chi connectivity index (χ1n) is 9.39. The van der Waals surface area contributed by atoms with Crippen LogP contribution in [-0.2, 0) is 18.3 Å². The number of aromatic nitrogens is 3. The van der Waals surface area contributed by atoms with Crippen molar-refractivity contribution in [3.63, 3.8) is 0 Å². The molecule has 2 aromatic rings. The molecule has 0 bridgehead atoms. The monoisotopic (exact) mass is 431 g/mol. The lowest BCUT2D eigenvalue weighted by atomic mass is 9.96. The average Bonchev–Trinajstić information content (AvgIpc) is 2.89. The van der Waals surface area contributed by atoms with E-state index in [1.807, 2.05) is 25.8 Å². The van der Waals surface area contributed by atoms with Crippen molar-refractivity contribution in [1.82, 2.24) is 25.0 Å². The fraction of sp³-hybridized carbons (Fsp3) is 0.632. The number of halogens is 2. The van der Waals surface area contributed by atoms with E-state index in [0.29, 0.717) is 29.8 Å². The van der Waals surface area contributed by atoms with Gasteiger partial charge in [-0.25, -0.2) is 4.98 Å². The number of rotatable bonds is 5. The van der Waals surface area contributed by atoms with Crippen LogP contribution in [-0.4, -0.2) is 52.3 Å². The van der Waals surface area contributed by atoms with Crippen molar-refractivity contribution in [2.45, 2.75) is 39.5 Å². The Labute approximate surface area is 178 Å². The minimum Gasteiger partial charge on any atom is -0.343 e. The summed E-state index contributed by atoms with van der Waals surface area (Å²) in [5, 5.41) is 6.61. The number of likely N-dealkylation sites (tertiary alicyclic amines) is 1. The molecule has 0 atom stereocenters. The van der Waals surface area contributed by atoms with E-state index in [0.717, 1.165) is 49.3 Å². The Morgan fingerprint density at radius 1 is 1.25 bits per heavy atom. The van der Waals surface area contributed by atoms with Crippen molar-refractivity contribution < 1.29 is 4.79 Å². The van der Waals surface area contributed by atoms with Gasteiger partial charge in [-0.05, 0) is 63.7 Å². The molecule has 2 N–H and O–H groups in total. The summed E-state index contributed by atoms with van der Waals surface area (Å²) < 4.78 is 1.65. The number of nitrogens with one attached hydrogen (secondary N) is 2. The molecule has 0 aromatic carbocycles. The Kier molecular flexibility index (Phi) is 8.98. The number of H-pyrrole nitrogens is 1. The van der Waals surface area contributed by atoms with Crippen LogP contribution in [0.25, 0.3) is 11.0 Å². The number of aryl methyl sites for hydroxylation is 3. The van der Waals surface area contributed by atoms with Gasteiger partial charge in [-0.2, -0.15) is 0 Å². The van der Waals surface area contributed by atoms with Crippen LogP contribution in [0.4, 0.5) is 0 Å². The third-order valence-electron chi connectivity index (χ3n) is 5.62. The molecule has 0 radical (unpaired) electrons. The molecule has 7 nitrogen and oxygen atoms in total. The smallest absolute Gasteiger partial charge is 0.273 e. The molecule has 3 rings (SSSR count). The Bertz CT molecular complexity index is 869. The average molecular weight is 432 g/mol. The van der Waals surface area contributed by atoms with Crippen LogP contribution in [0.1, 0.15) is 36.1 Å². The van der Waals surface area contributed by atoms with E-state index in [-0.39, 0.29) is 36.3 Å². The van der Waals surface area contributed by atoms with Crippen LogP contribution in [0.2, 0.25) is 0 Å². The van der Waals surface area contributed by atoms with E-state index >= 15 is 0 Å². The SMILES string of the molecule is CNCC1CCN(C(=O)CCc2c(C)nc3c(c2C)c(=O)[nH]n3C)CC1.Cl.Cl. The van der Waals surface area contributed by atoms with Crippen LogP contribution < -0.4 is 10.9 Å². The summed E-state index contributed by atoms with van der Waals surface area (Å²) in [6.07, 6.45) is 3.23. The second kappa shape index (κ2) is 10.3. The predicted molar refractivity (Wildman–Crippen MR) is 117 cm³/mol. The van der Waals surface area contributed by atoms with Crippen LogP contribution in [0.15, 0.2) is 4.79 Å². The maximum Gasteiger partial charge on any atom is 0.273 e. The van der Waals surface area contributed by atoms with Gasteiger partial charge in [0.15, 0.2) is 5.65 Å². The highest BCUT2D eigenvalue weighted by molar-refractivity contribution is 5.85. The van der Waals surface area contributed by atoms with Crippen molar-refractivity contribution in [1.29, 1.82) is 0 Å². The van der Waals surface area contributed by atoms with Crippen molar-refractivity contribution in [2.75, 3.05) is 26.7 Å². The third kappa shape index (κ3) is 4.88. The lowest BCUT2D eigenvalue weighted by Gasteiger charge is -2.32. The summed E-state index contributed by atoms with van der Waals surface area (Å²) in [5.74, 6) is 0.874. The molecule has 1 fully saturated rings. The standard InChI is InChI=1S/C19H29N5O2.2ClH/c1-12-15(13(2)21-18-17(12)19(26)22-23(18)4)5-6-16(25)24-9-7-14(8-10-24)11-20-3;;/h14,20H,5-11H2,1-4H3,(H,22,26);2*1H. The molecular weight excluding hydrogens is 401 g/mol. The number of fused-ring (bicyclic) bond motifs is 1. The van der Waals surface area contributed by atoms with Gasteiger partial charge in [0.2, 0.25) is 5.91 Å². The van der Waals surface area contributed by atoms with Crippen LogP contribution in [0.3, 0.4) is 0 Å². The highest BCUT2D eigenvalue weighted by atomic mass is 35.5. The van der Waals surface area contributed by atoms with E-state index in [1.165, 1.54) is 0 Å². The fourth-order valence-electron chi connectivity index (χ4n) is 4.08. The van der Waals surface area contributed by atoms with Crippen LogP contribution in [0.5, 0.6) is 0 Å². The van der Waals surface area contributed by atoms with Gasteiger partial charge in [0.1, 0.15) is 0 Å². The number of carbonyl (C=O) groups is 1. The fourth-order valence-corrected chi connectivity index (χ4v) is 4.08. The maximum absolute atomic E-state index is 12.6. The number of piperidine rings is 1. The summed E-state index contributed by atoms with van der Waals surface area (Å²) in [4.78, 5) is 31.3. The highest BCUT2D eigenvalue weighted by Crippen LogP contribution is 2.22. The summed E-state index contributed by atoms with van der Waals surface area (Å²) >= 11 is 0. The Morgan fingerprint density at radius 2 is 1.89 bits per heavy atom. The van der Waals surface area contributed by atoms with Crippen LogP contribution in [0, 0.1) is 19.8 Å². The van der Waals surface area contributed by atoms with Gasteiger partial charge in [0, 0.05) is 32.3 Å². The summed E-state index contributed by atoms with van der Waals surface area (Å²) in [6.45, 7) is 6.62. The molecular formula is C19H31Cl2N5O2. The molecule has 0 saturated carbocycles. The zero-order chi connectivity index (χ0) is 18.8. The van der Waals surface area contributed by atoms with E-state index in [4.69, 9.17) is 0 Å². The van der Waals surface area contributed by atoms with E-state index < -0.39 is 0 Å². The number of pyridine rings is 1. The molecule has 1 aliphatic heterocycles. The Balaban J connectivity index is 0.00000196. The van der Waals surface area contributed by atoms with Crippen molar-refractivity contribution in [3.05, 3.63) is 27.2 Å². The highest BCUT2D eigenvalue weighted by Gasteiger charge is 2.23. The molecule has 3 heterocycles. The first kappa shape index (κ1) is 24.5. The third-order valence-corrected chi connectivity index (χ3v) is 5.62. The molecule has 2 aromatic heterocycles. The molecule has 0 spiro atoms. The van der Waals surface area contributed by atoms with E-state index in [1.54, 1.807) is 11.7 Å². The molecule has 1 aliphatic rings. The zero-order valence-corrected chi connectivity index (χ0v) is 18.6. The topological polar surface area (TPSA) is 83.0 Å². The predicted octanol–water partition coefficient (Wildman–Crippen LogP) is 2.11. The zero-order valence-electron chi connectivity index (χ0n) is 17.0. The summed E-state index contributed by atoms with van der Waals surface area (Å²) in [7, 11) is 3.77. The number of amides is 1. The Morgan fingerprint density at radius 3 is 2.50 bits per heavy atom. The molecule has 9 heteroatoms. The molecule has 158 valence electrons. The van der Waals surface area contributed by atoms with Gasteiger partial charge in [0.05, 0.1) is 5.39 Å².